The van der Waals surface area contributed by atoms with Gasteiger partial charge in [0, 0.05) is 6.54 Å². The van der Waals surface area contributed by atoms with Crippen molar-refractivity contribution >= 4 is 0 Å². The zero-order valence-electron chi connectivity index (χ0n) is 7.66. The van der Waals surface area contributed by atoms with Crippen molar-refractivity contribution in [2.24, 2.45) is 11.1 Å². The van der Waals surface area contributed by atoms with Gasteiger partial charge in [0.25, 0.3) is 0 Å². The first-order valence-electron chi connectivity index (χ1n) is 4.79. The molecule has 0 amide bonds. The Bertz CT molecular complexity index is 157. The molecule has 1 fully saturated rings. The third kappa shape index (κ3) is 2.16. The van der Waals surface area contributed by atoms with E-state index in [4.69, 9.17) is 5.73 Å². The second kappa shape index (κ2) is 3.86. The van der Waals surface area contributed by atoms with Crippen molar-refractivity contribution in [1.29, 1.82) is 0 Å². The molecule has 2 N–H and O–H groups in total. The fourth-order valence-corrected chi connectivity index (χ4v) is 2.01. The van der Waals surface area contributed by atoms with Gasteiger partial charge in [-0.3, -0.25) is 0 Å². The molecule has 1 aliphatic rings. The molecule has 0 aromatic rings. The molecule has 13 heavy (non-hydrogen) atoms. The summed E-state index contributed by atoms with van der Waals surface area (Å²) in [7, 11) is 0. The van der Waals surface area contributed by atoms with Crippen molar-refractivity contribution in [3.05, 3.63) is 0 Å². The van der Waals surface area contributed by atoms with Gasteiger partial charge in [0.1, 0.15) is 0 Å². The Kier molecular flexibility index (Phi) is 3.22. The lowest BCUT2D eigenvalue weighted by atomic mass is 9.80. The highest BCUT2D eigenvalue weighted by Gasteiger charge is 2.52. The summed E-state index contributed by atoms with van der Waals surface area (Å²) in [6, 6.07) is 0. The van der Waals surface area contributed by atoms with E-state index in [9.17, 15) is 13.2 Å². The SMILES string of the molecule is NCC1(C(F)(F)F)CCCCCC1. The van der Waals surface area contributed by atoms with Crippen LogP contribution >= 0.6 is 0 Å². The van der Waals surface area contributed by atoms with Crippen molar-refractivity contribution < 1.29 is 13.2 Å². The van der Waals surface area contributed by atoms with Crippen LogP contribution in [-0.4, -0.2) is 12.7 Å². The lowest BCUT2D eigenvalue weighted by Crippen LogP contribution is -2.43. The van der Waals surface area contributed by atoms with E-state index in [2.05, 4.69) is 0 Å². The molecule has 1 saturated carbocycles. The van der Waals surface area contributed by atoms with Gasteiger partial charge in [-0.25, -0.2) is 0 Å². The summed E-state index contributed by atoms with van der Waals surface area (Å²) in [4.78, 5) is 0. The topological polar surface area (TPSA) is 26.0 Å². The van der Waals surface area contributed by atoms with Crippen LogP contribution in [-0.2, 0) is 0 Å². The zero-order chi connectivity index (χ0) is 9.95. The van der Waals surface area contributed by atoms with Crippen LogP contribution in [0.15, 0.2) is 0 Å². The highest BCUT2D eigenvalue weighted by molar-refractivity contribution is 4.88. The van der Waals surface area contributed by atoms with Crippen LogP contribution in [0, 0.1) is 5.41 Å². The summed E-state index contributed by atoms with van der Waals surface area (Å²) >= 11 is 0. The number of alkyl halides is 3. The van der Waals surface area contributed by atoms with E-state index in [1.54, 1.807) is 0 Å². The van der Waals surface area contributed by atoms with Gasteiger partial charge < -0.3 is 5.73 Å². The molecule has 4 heteroatoms. The molecule has 1 rings (SSSR count). The largest absolute Gasteiger partial charge is 0.395 e. The quantitative estimate of drug-likeness (QED) is 0.640. The van der Waals surface area contributed by atoms with Crippen LogP contribution in [0.3, 0.4) is 0 Å². The third-order valence-corrected chi connectivity index (χ3v) is 3.05. The fraction of sp³-hybridized carbons (Fsp3) is 1.00. The molecule has 0 radical (unpaired) electrons. The summed E-state index contributed by atoms with van der Waals surface area (Å²) in [6.45, 7) is -0.253. The Morgan fingerprint density at radius 3 is 1.77 bits per heavy atom. The third-order valence-electron chi connectivity index (χ3n) is 3.05. The summed E-state index contributed by atoms with van der Waals surface area (Å²) in [5.41, 5.74) is 3.69. The molecule has 0 atom stereocenters. The van der Waals surface area contributed by atoms with E-state index in [0.717, 1.165) is 12.8 Å². The number of halogens is 3. The molecule has 0 spiro atoms. The van der Waals surface area contributed by atoms with Gasteiger partial charge in [0.05, 0.1) is 5.41 Å². The highest BCUT2D eigenvalue weighted by atomic mass is 19.4. The van der Waals surface area contributed by atoms with Gasteiger partial charge in [-0.05, 0) is 12.8 Å². The molecule has 1 nitrogen and oxygen atoms in total. The first kappa shape index (κ1) is 10.8. The molecular weight excluding hydrogens is 179 g/mol. The van der Waals surface area contributed by atoms with E-state index < -0.39 is 11.6 Å². The molecule has 0 aromatic heterocycles. The minimum absolute atomic E-state index is 0.215. The van der Waals surface area contributed by atoms with Crippen LogP contribution in [0.2, 0.25) is 0 Å². The van der Waals surface area contributed by atoms with E-state index in [0.29, 0.717) is 12.8 Å². The van der Waals surface area contributed by atoms with Gasteiger partial charge in [-0.2, -0.15) is 13.2 Å². The van der Waals surface area contributed by atoms with Crippen LogP contribution < -0.4 is 5.73 Å². The van der Waals surface area contributed by atoms with Crippen molar-refractivity contribution in [2.45, 2.75) is 44.7 Å². The lowest BCUT2D eigenvalue weighted by molar-refractivity contribution is -0.225. The van der Waals surface area contributed by atoms with Crippen LogP contribution in [0.5, 0.6) is 0 Å². The van der Waals surface area contributed by atoms with Gasteiger partial charge in [0.15, 0.2) is 0 Å². The molecule has 0 saturated heterocycles. The van der Waals surface area contributed by atoms with E-state index in [1.165, 1.54) is 0 Å². The first-order chi connectivity index (χ1) is 6.02. The van der Waals surface area contributed by atoms with Gasteiger partial charge in [0.2, 0.25) is 0 Å². The van der Waals surface area contributed by atoms with Crippen LogP contribution in [0.1, 0.15) is 38.5 Å². The average Bonchev–Trinajstić information content (AvgIpc) is 2.27. The maximum atomic E-state index is 12.7. The van der Waals surface area contributed by atoms with Crippen LogP contribution in [0.25, 0.3) is 0 Å². The summed E-state index contributed by atoms with van der Waals surface area (Å²) in [5, 5.41) is 0. The predicted molar refractivity (Wildman–Crippen MR) is 45.2 cm³/mol. The van der Waals surface area contributed by atoms with Crippen molar-refractivity contribution in [1.82, 2.24) is 0 Å². The molecule has 0 unspecified atom stereocenters. The molecule has 0 aromatic carbocycles. The second-order valence-corrected chi connectivity index (χ2v) is 3.90. The van der Waals surface area contributed by atoms with E-state index in [-0.39, 0.29) is 19.4 Å². The van der Waals surface area contributed by atoms with Crippen molar-refractivity contribution in [2.75, 3.05) is 6.54 Å². The normalized spacial score (nSPS) is 24.0. The zero-order valence-corrected chi connectivity index (χ0v) is 7.66. The van der Waals surface area contributed by atoms with Gasteiger partial charge in [-0.15, -0.1) is 0 Å². The Morgan fingerprint density at radius 1 is 1.00 bits per heavy atom. The average molecular weight is 195 g/mol. The Hall–Kier alpha value is -0.250. The van der Waals surface area contributed by atoms with E-state index >= 15 is 0 Å². The monoisotopic (exact) mass is 195 g/mol. The minimum Gasteiger partial charge on any atom is -0.330 e. The molecule has 0 heterocycles. The predicted octanol–water partition coefficient (Wildman–Crippen LogP) is 2.85. The fourth-order valence-electron chi connectivity index (χ4n) is 2.01. The number of hydrogen-bond acceptors (Lipinski definition) is 1. The summed E-state index contributed by atoms with van der Waals surface area (Å²) < 4.78 is 38.1. The van der Waals surface area contributed by atoms with Gasteiger partial charge >= 0.3 is 6.18 Å². The molecule has 1 aliphatic carbocycles. The van der Waals surface area contributed by atoms with Crippen molar-refractivity contribution in [3.8, 4) is 0 Å². The first-order valence-corrected chi connectivity index (χ1v) is 4.79. The Morgan fingerprint density at radius 2 is 1.46 bits per heavy atom. The standard InChI is InChI=1S/C9H16F3N/c10-9(11,12)8(7-13)5-3-1-2-4-6-8/h1-7,13H2. The maximum absolute atomic E-state index is 12.7. The smallest absolute Gasteiger partial charge is 0.330 e. The Labute approximate surface area is 76.5 Å². The number of hydrogen-bond donors (Lipinski definition) is 1. The lowest BCUT2D eigenvalue weighted by Gasteiger charge is -2.33. The number of nitrogens with two attached hydrogens (primary N) is 1. The molecular formula is C9H16F3N. The minimum atomic E-state index is -4.12. The van der Waals surface area contributed by atoms with E-state index in [1.807, 2.05) is 0 Å². The maximum Gasteiger partial charge on any atom is 0.395 e. The van der Waals surface area contributed by atoms with Crippen LogP contribution in [0.4, 0.5) is 13.2 Å². The highest BCUT2D eigenvalue weighted by Crippen LogP contribution is 2.47. The second-order valence-electron chi connectivity index (χ2n) is 3.90. The summed E-state index contributed by atoms with van der Waals surface area (Å²) in [5.74, 6) is 0. The Balaban J connectivity index is 2.76. The van der Waals surface area contributed by atoms with Gasteiger partial charge in [-0.1, -0.05) is 25.7 Å². The molecule has 78 valence electrons. The van der Waals surface area contributed by atoms with Crippen molar-refractivity contribution in [3.63, 3.8) is 0 Å². The molecule has 0 aliphatic heterocycles. The number of rotatable bonds is 1. The molecule has 0 bridgehead atoms. The summed E-state index contributed by atoms with van der Waals surface area (Å²) in [6.07, 6.45) is -0.533.